The summed E-state index contributed by atoms with van der Waals surface area (Å²) in [5.41, 5.74) is 1.89. The van der Waals surface area contributed by atoms with E-state index in [0.29, 0.717) is 18.2 Å². The Labute approximate surface area is 166 Å². The highest BCUT2D eigenvalue weighted by Gasteiger charge is 2.47. The number of aliphatic hydroxyl groups excluding tert-OH is 1. The number of hydrogen-bond acceptors (Lipinski definition) is 4. The number of halogens is 1. The van der Waals surface area contributed by atoms with Crippen molar-refractivity contribution in [2.45, 2.75) is 38.4 Å². The second-order valence-corrected chi connectivity index (χ2v) is 8.10. The summed E-state index contributed by atoms with van der Waals surface area (Å²) >= 11 is 6.08. The van der Waals surface area contributed by atoms with Crippen LogP contribution in [0, 0.1) is 5.92 Å². The van der Waals surface area contributed by atoms with Gasteiger partial charge in [0.05, 0.1) is 6.61 Å². The third kappa shape index (κ3) is 4.30. The van der Waals surface area contributed by atoms with Gasteiger partial charge in [-0.2, -0.15) is 0 Å². The van der Waals surface area contributed by atoms with Crippen molar-refractivity contribution < 1.29 is 10.2 Å². The van der Waals surface area contributed by atoms with E-state index in [4.69, 9.17) is 11.6 Å². The average Bonchev–Trinajstić information content (AvgIpc) is 2.96. The molecule has 1 aliphatic heterocycles. The van der Waals surface area contributed by atoms with Gasteiger partial charge in [0.1, 0.15) is 5.75 Å². The van der Waals surface area contributed by atoms with Gasteiger partial charge in [0.15, 0.2) is 0 Å². The van der Waals surface area contributed by atoms with Crippen molar-refractivity contribution in [3.8, 4) is 5.75 Å². The van der Waals surface area contributed by atoms with E-state index < -0.39 is 0 Å². The number of aliphatic hydroxyl groups is 1. The van der Waals surface area contributed by atoms with Gasteiger partial charge in [-0.1, -0.05) is 48.9 Å². The molecule has 0 radical (unpaired) electrons. The summed E-state index contributed by atoms with van der Waals surface area (Å²) in [5, 5.41) is 24.3. The molecule has 1 saturated heterocycles. The van der Waals surface area contributed by atoms with Crippen LogP contribution in [-0.2, 0) is 6.54 Å². The van der Waals surface area contributed by atoms with Gasteiger partial charge in [-0.15, -0.1) is 0 Å². The SMILES string of the molecule is CCN1C(c2ccc(Cl)cc2)C(CNCc2ccccc2O)CC1(C)CO. The first-order valence-corrected chi connectivity index (χ1v) is 9.97. The summed E-state index contributed by atoms with van der Waals surface area (Å²) in [5.74, 6) is 0.676. The van der Waals surface area contributed by atoms with Crippen molar-refractivity contribution in [3.05, 3.63) is 64.7 Å². The smallest absolute Gasteiger partial charge is 0.120 e. The van der Waals surface area contributed by atoms with Gasteiger partial charge in [-0.3, -0.25) is 4.90 Å². The second kappa shape index (κ2) is 8.61. The summed E-state index contributed by atoms with van der Waals surface area (Å²) in [4.78, 5) is 2.41. The summed E-state index contributed by atoms with van der Waals surface area (Å²) in [6.07, 6.45) is 0.915. The Balaban J connectivity index is 1.78. The van der Waals surface area contributed by atoms with Crippen LogP contribution in [0.25, 0.3) is 0 Å². The van der Waals surface area contributed by atoms with Crippen molar-refractivity contribution in [1.82, 2.24) is 10.2 Å². The van der Waals surface area contributed by atoms with Crippen LogP contribution in [0.1, 0.15) is 37.4 Å². The fourth-order valence-corrected chi connectivity index (χ4v) is 4.59. The summed E-state index contributed by atoms with van der Waals surface area (Å²) < 4.78 is 0. The maximum atomic E-state index is 10.1. The largest absolute Gasteiger partial charge is 0.508 e. The van der Waals surface area contributed by atoms with E-state index in [1.165, 1.54) is 5.56 Å². The Hall–Kier alpha value is -1.59. The number of likely N-dealkylation sites (tertiary alicyclic amines) is 1. The van der Waals surface area contributed by atoms with Crippen molar-refractivity contribution in [2.75, 3.05) is 19.7 Å². The molecule has 3 unspecified atom stereocenters. The highest BCUT2D eigenvalue weighted by atomic mass is 35.5. The van der Waals surface area contributed by atoms with E-state index in [9.17, 15) is 10.2 Å². The maximum Gasteiger partial charge on any atom is 0.120 e. The van der Waals surface area contributed by atoms with Crippen LogP contribution in [-0.4, -0.2) is 40.3 Å². The van der Waals surface area contributed by atoms with E-state index in [-0.39, 0.29) is 18.2 Å². The van der Waals surface area contributed by atoms with Crippen LogP contribution >= 0.6 is 11.6 Å². The third-order valence-corrected chi connectivity index (χ3v) is 6.04. The summed E-state index contributed by atoms with van der Waals surface area (Å²) in [6, 6.07) is 15.7. The van der Waals surface area contributed by atoms with Crippen molar-refractivity contribution in [3.63, 3.8) is 0 Å². The predicted octanol–water partition coefficient (Wildman–Crippen LogP) is 3.97. The highest BCUT2D eigenvalue weighted by molar-refractivity contribution is 6.30. The van der Waals surface area contributed by atoms with Gasteiger partial charge in [0.25, 0.3) is 0 Å². The Morgan fingerprint density at radius 1 is 1.19 bits per heavy atom. The number of para-hydroxylation sites is 1. The molecule has 0 saturated carbocycles. The maximum absolute atomic E-state index is 10.1. The number of nitrogens with one attached hydrogen (secondary N) is 1. The minimum absolute atomic E-state index is 0.140. The van der Waals surface area contributed by atoms with E-state index in [1.54, 1.807) is 6.07 Å². The minimum Gasteiger partial charge on any atom is -0.508 e. The first kappa shape index (κ1) is 20.2. The molecule has 3 atom stereocenters. The Bertz CT molecular complexity index is 752. The molecule has 4 nitrogen and oxygen atoms in total. The third-order valence-electron chi connectivity index (χ3n) is 5.78. The number of aromatic hydroxyl groups is 1. The Morgan fingerprint density at radius 2 is 1.89 bits per heavy atom. The van der Waals surface area contributed by atoms with Gasteiger partial charge in [0.2, 0.25) is 0 Å². The predicted molar refractivity (Wildman–Crippen MR) is 110 cm³/mol. The molecule has 3 N–H and O–H groups in total. The Morgan fingerprint density at radius 3 is 2.52 bits per heavy atom. The monoisotopic (exact) mass is 388 g/mol. The van der Waals surface area contributed by atoms with Gasteiger partial charge >= 0.3 is 0 Å². The molecule has 27 heavy (non-hydrogen) atoms. The first-order valence-electron chi connectivity index (χ1n) is 9.59. The molecule has 0 spiro atoms. The number of rotatable bonds is 7. The second-order valence-electron chi connectivity index (χ2n) is 7.66. The van der Waals surface area contributed by atoms with Gasteiger partial charge in [-0.25, -0.2) is 0 Å². The molecule has 1 aliphatic rings. The van der Waals surface area contributed by atoms with Crippen LogP contribution in [0.5, 0.6) is 5.75 Å². The molecule has 0 aromatic heterocycles. The molecule has 0 amide bonds. The summed E-state index contributed by atoms with van der Waals surface area (Å²) in [7, 11) is 0. The number of nitrogens with zero attached hydrogens (tertiary/aromatic N) is 1. The van der Waals surface area contributed by atoms with E-state index in [2.05, 4.69) is 36.2 Å². The van der Waals surface area contributed by atoms with Crippen LogP contribution in [0.15, 0.2) is 48.5 Å². The van der Waals surface area contributed by atoms with Crippen molar-refractivity contribution >= 4 is 11.6 Å². The van der Waals surface area contributed by atoms with Crippen LogP contribution in [0.3, 0.4) is 0 Å². The quantitative estimate of drug-likeness (QED) is 0.671. The zero-order valence-electron chi connectivity index (χ0n) is 16.0. The molecule has 0 bridgehead atoms. The molecule has 146 valence electrons. The topological polar surface area (TPSA) is 55.7 Å². The molecular weight excluding hydrogens is 360 g/mol. The lowest BCUT2D eigenvalue weighted by atomic mass is 9.90. The van der Waals surface area contributed by atoms with E-state index in [1.807, 2.05) is 30.3 Å². The molecule has 0 aliphatic carbocycles. The zero-order chi connectivity index (χ0) is 19.4. The molecule has 1 heterocycles. The van der Waals surface area contributed by atoms with Gasteiger partial charge < -0.3 is 15.5 Å². The molecule has 1 fully saturated rings. The fraction of sp³-hybridized carbons (Fsp3) is 0.455. The number of phenols is 1. The van der Waals surface area contributed by atoms with E-state index in [0.717, 1.165) is 30.1 Å². The molecule has 2 aromatic carbocycles. The first-order chi connectivity index (χ1) is 13.0. The van der Waals surface area contributed by atoms with Crippen LogP contribution in [0.4, 0.5) is 0 Å². The van der Waals surface area contributed by atoms with E-state index >= 15 is 0 Å². The lowest BCUT2D eigenvalue weighted by Gasteiger charge is -2.37. The zero-order valence-corrected chi connectivity index (χ0v) is 16.8. The summed E-state index contributed by atoms with van der Waals surface area (Å²) in [6.45, 7) is 6.74. The Kier molecular flexibility index (Phi) is 6.43. The standard InChI is InChI=1S/C22H29ClN2O2/c1-3-25-21(16-8-10-19(23)11-9-16)18(12-22(25,2)15-26)14-24-13-17-6-4-5-7-20(17)27/h4-11,18,21,24,26-27H,3,12-15H2,1-2H3. The highest BCUT2D eigenvalue weighted by Crippen LogP contribution is 2.46. The normalized spacial score (nSPS) is 25.8. The van der Waals surface area contributed by atoms with Crippen molar-refractivity contribution in [1.29, 1.82) is 0 Å². The molecule has 5 heteroatoms. The van der Waals surface area contributed by atoms with Crippen LogP contribution < -0.4 is 5.32 Å². The molecule has 3 rings (SSSR count). The lowest BCUT2D eigenvalue weighted by molar-refractivity contribution is 0.0579. The molecular formula is C22H29ClN2O2. The number of likely N-dealkylation sites (N-methyl/N-ethyl adjacent to an activating group) is 1. The van der Waals surface area contributed by atoms with Crippen LogP contribution in [0.2, 0.25) is 5.02 Å². The minimum atomic E-state index is -0.236. The van der Waals surface area contributed by atoms with Crippen molar-refractivity contribution in [2.24, 2.45) is 5.92 Å². The van der Waals surface area contributed by atoms with Gasteiger partial charge in [-0.05, 0) is 49.6 Å². The number of benzene rings is 2. The average molecular weight is 389 g/mol. The number of phenolic OH excluding ortho intramolecular Hbond substituents is 1. The fourth-order valence-electron chi connectivity index (χ4n) is 4.47. The number of hydrogen-bond donors (Lipinski definition) is 3. The van der Waals surface area contributed by atoms with Gasteiger partial charge in [0, 0.05) is 35.3 Å². The molecule has 2 aromatic rings. The lowest BCUT2D eigenvalue weighted by Crippen LogP contribution is -2.45.